The number of rotatable bonds is 3. The molecule has 0 aliphatic carbocycles. The lowest BCUT2D eigenvalue weighted by molar-refractivity contribution is 0.249. The largest absolute Gasteiger partial charge is 0.330 e. The number of pyridine rings is 1. The molecule has 0 fully saturated rings. The van der Waals surface area contributed by atoms with Gasteiger partial charge in [-0.05, 0) is 19.1 Å². The van der Waals surface area contributed by atoms with Crippen molar-refractivity contribution in [2.24, 2.45) is 0 Å². The van der Waals surface area contributed by atoms with E-state index in [1.807, 2.05) is 25.1 Å². The van der Waals surface area contributed by atoms with Gasteiger partial charge in [-0.1, -0.05) is 6.07 Å². The first-order valence-electron chi connectivity index (χ1n) is 5.23. The predicted molar refractivity (Wildman–Crippen MR) is 63.4 cm³/mol. The first-order chi connectivity index (χ1) is 8.25. The molecule has 88 valence electrons. The van der Waals surface area contributed by atoms with E-state index in [1.54, 1.807) is 12.4 Å². The van der Waals surface area contributed by atoms with Gasteiger partial charge in [0.2, 0.25) is 0 Å². The number of urea groups is 1. The zero-order chi connectivity index (χ0) is 12.1. The number of anilines is 1. The fourth-order valence-electron chi connectivity index (χ4n) is 1.39. The summed E-state index contributed by atoms with van der Waals surface area (Å²) in [5, 5.41) is 11.8. The molecule has 2 aromatic heterocycles. The summed E-state index contributed by atoms with van der Waals surface area (Å²) in [5.41, 5.74) is 1.44. The van der Waals surface area contributed by atoms with E-state index in [-0.39, 0.29) is 12.1 Å². The van der Waals surface area contributed by atoms with Crippen LogP contribution in [-0.2, 0) is 0 Å². The highest BCUT2D eigenvalue weighted by molar-refractivity contribution is 5.89. The highest BCUT2D eigenvalue weighted by atomic mass is 16.2. The number of hydrogen-bond acceptors (Lipinski definition) is 3. The maximum Gasteiger partial charge on any atom is 0.319 e. The number of carbonyl (C=O) groups excluding carboxylic acids is 1. The highest BCUT2D eigenvalue weighted by Gasteiger charge is 2.10. The number of nitrogens with one attached hydrogen (secondary N) is 3. The van der Waals surface area contributed by atoms with Crippen molar-refractivity contribution in [3.8, 4) is 0 Å². The second kappa shape index (κ2) is 5.11. The molecule has 0 radical (unpaired) electrons. The van der Waals surface area contributed by atoms with Crippen molar-refractivity contribution in [3.63, 3.8) is 0 Å². The summed E-state index contributed by atoms with van der Waals surface area (Å²) in [7, 11) is 0. The summed E-state index contributed by atoms with van der Waals surface area (Å²) in [6.07, 6.45) is 4.83. The van der Waals surface area contributed by atoms with E-state index in [0.29, 0.717) is 5.69 Å². The number of hydrogen-bond donors (Lipinski definition) is 3. The van der Waals surface area contributed by atoms with Crippen molar-refractivity contribution in [2.75, 3.05) is 5.32 Å². The number of amides is 2. The molecule has 17 heavy (non-hydrogen) atoms. The monoisotopic (exact) mass is 231 g/mol. The standard InChI is InChI=1S/C11H13N5O/c1-8(10-4-2-3-5-12-10)15-11(17)16-9-6-13-14-7-9/h2-8H,1H3,(H,13,14)(H2,15,16,17). The van der Waals surface area contributed by atoms with Gasteiger partial charge in [0.05, 0.1) is 23.6 Å². The van der Waals surface area contributed by atoms with Crippen molar-refractivity contribution in [1.82, 2.24) is 20.5 Å². The third-order valence-corrected chi connectivity index (χ3v) is 2.24. The lowest BCUT2D eigenvalue weighted by Crippen LogP contribution is -2.31. The van der Waals surface area contributed by atoms with Gasteiger partial charge in [0.1, 0.15) is 0 Å². The van der Waals surface area contributed by atoms with E-state index in [0.717, 1.165) is 5.69 Å². The summed E-state index contributed by atoms with van der Waals surface area (Å²) in [4.78, 5) is 15.8. The molecule has 1 unspecified atom stereocenters. The van der Waals surface area contributed by atoms with Gasteiger partial charge in [-0.2, -0.15) is 5.10 Å². The van der Waals surface area contributed by atoms with Gasteiger partial charge < -0.3 is 10.6 Å². The van der Waals surface area contributed by atoms with Crippen LogP contribution in [0.3, 0.4) is 0 Å². The Hall–Kier alpha value is -2.37. The molecule has 0 aliphatic rings. The van der Waals surface area contributed by atoms with E-state index in [9.17, 15) is 4.79 Å². The molecule has 0 bridgehead atoms. The van der Waals surface area contributed by atoms with Crippen LogP contribution >= 0.6 is 0 Å². The lowest BCUT2D eigenvalue weighted by atomic mass is 10.2. The molecule has 0 saturated heterocycles. The summed E-state index contributed by atoms with van der Waals surface area (Å²) < 4.78 is 0. The summed E-state index contributed by atoms with van der Waals surface area (Å²) >= 11 is 0. The molecule has 0 spiro atoms. The van der Waals surface area contributed by atoms with Gasteiger partial charge in [-0.25, -0.2) is 4.79 Å². The van der Waals surface area contributed by atoms with Crippen LogP contribution < -0.4 is 10.6 Å². The van der Waals surface area contributed by atoms with Gasteiger partial charge in [0.25, 0.3) is 0 Å². The Balaban J connectivity index is 1.91. The van der Waals surface area contributed by atoms with E-state index < -0.39 is 0 Å². The Labute approximate surface area is 98.5 Å². The number of carbonyl (C=O) groups is 1. The summed E-state index contributed by atoms with van der Waals surface area (Å²) in [6.45, 7) is 1.87. The molecular formula is C11H13N5O. The zero-order valence-electron chi connectivity index (χ0n) is 9.34. The molecule has 0 aliphatic heterocycles. The normalized spacial score (nSPS) is 11.8. The Morgan fingerprint density at radius 1 is 1.47 bits per heavy atom. The third-order valence-electron chi connectivity index (χ3n) is 2.24. The number of aromatic amines is 1. The maximum atomic E-state index is 11.6. The van der Waals surface area contributed by atoms with E-state index >= 15 is 0 Å². The fourth-order valence-corrected chi connectivity index (χ4v) is 1.39. The van der Waals surface area contributed by atoms with Crippen molar-refractivity contribution >= 4 is 11.7 Å². The molecule has 6 heteroatoms. The maximum absolute atomic E-state index is 11.6. The molecule has 1 atom stereocenters. The minimum Gasteiger partial charge on any atom is -0.330 e. The lowest BCUT2D eigenvalue weighted by Gasteiger charge is -2.13. The molecule has 2 amide bonds. The minimum atomic E-state index is -0.287. The summed E-state index contributed by atoms with van der Waals surface area (Å²) in [5.74, 6) is 0. The van der Waals surface area contributed by atoms with Gasteiger partial charge in [0, 0.05) is 12.4 Å². The highest BCUT2D eigenvalue weighted by Crippen LogP contribution is 2.08. The van der Waals surface area contributed by atoms with Gasteiger partial charge in [0.15, 0.2) is 0 Å². The molecule has 6 nitrogen and oxygen atoms in total. The third kappa shape index (κ3) is 3.04. The second-order valence-electron chi connectivity index (χ2n) is 3.56. The van der Waals surface area contributed by atoms with E-state index in [1.165, 1.54) is 6.20 Å². The first-order valence-corrected chi connectivity index (χ1v) is 5.23. The van der Waals surface area contributed by atoms with E-state index in [4.69, 9.17) is 0 Å². The van der Waals surface area contributed by atoms with Crippen LogP contribution in [0, 0.1) is 0 Å². The van der Waals surface area contributed by atoms with Gasteiger partial charge >= 0.3 is 6.03 Å². The van der Waals surface area contributed by atoms with Gasteiger partial charge in [-0.15, -0.1) is 0 Å². The van der Waals surface area contributed by atoms with Crippen molar-refractivity contribution in [3.05, 3.63) is 42.5 Å². The molecule has 2 rings (SSSR count). The van der Waals surface area contributed by atoms with Crippen LogP contribution in [0.5, 0.6) is 0 Å². The molecule has 2 aromatic rings. The smallest absolute Gasteiger partial charge is 0.319 e. The minimum absolute atomic E-state index is 0.150. The number of H-pyrrole nitrogens is 1. The fraction of sp³-hybridized carbons (Fsp3) is 0.182. The molecular weight excluding hydrogens is 218 g/mol. The average Bonchev–Trinajstić information content (AvgIpc) is 2.82. The van der Waals surface area contributed by atoms with Crippen molar-refractivity contribution in [2.45, 2.75) is 13.0 Å². The predicted octanol–water partition coefficient (Wildman–Crippen LogP) is 1.69. The molecule has 0 saturated carbocycles. The van der Waals surface area contributed by atoms with E-state index in [2.05, 4.69) is 25.8 Å². The average molecular weight is 231 g/mol. The van der Waals surface area contributed by atoms with Crippen molar-refractivity contribution in [1.29, 1.82) is 0 Å². The number of aromatic nitrogens is 3. The van der Waals surface area contributed by atoms with Gasteiger partial charge in [-0.3, -0.25) is 10.1 Å². The SMILES string of the molecule is CC(NC(=O)Nc1cn[nH]c1)c1ccccn1. The van der Waals surface area contributed by atoms with Crippen LogP contribution in [-0.4, -0.2) is 21.2 Å². The Morgan fingerprint density at radius 3 is 3.00 bits per heavy atom. The van der Waals surface area contributed by atoms with Crippen molar-refractivity contribution < 1.29 is 4.79 Å². The molecule has 3 N–H and O–H groups in total. The zero-order valence-corrected chi connectivity index (χ0v) is 9.34. The molecule has 0 aromatic carbocycles. The van der Waals surface area contributed by atoms with Crippen LogP contribution in [0.2, 0.25) is 0 Å². The van der Waals surface area contributed by atoms with Crippen LogP contribution in [0.25, 0.3) is 0 Å². The van der Waals surface area contributed by atoms with Crippen LogP contribution in [0.4, 0.5) is 10.5 Å². The quantitative estimate of drug-likeness (QED) is 0.751. The Kier molecular flexibility index (Phi) is 3.34. The van der Waals surface area contributed by atoms with Crippen LogP contribution in [0.15, 0.2) is 36.8 Å². The molecule has 2 heterocycles. The number of nitrogens with zero attached hydrogens (tertiary/aromatic N) is 2. The Bertz CT molecular complexity index is 468. The second-order valence-corrected chi connectivity index (χ2v) is 3.56. The van der Waals surface area contributed by atoms with Crippen LogP contribution in [0.1, 0.15) is 18.7 Å². The summed E-state index contributed by atoms with van der Waals surface area (Å²) in [6, 6.07) is 5.15. The Morgan fingerprint density at radius 2 is 2.35 bits per heavy atom. The first kappa shape index (κ1) is 11.1. The topological polar surface area (TPSA) is 82.7 Å².